The molecule has 2 rings (SSSR count). The Bertz CT molecular complexity index is 439. The van der Waals surface area contributed by atoms with E-state index in [4.69, 9.17) is 9.47 Å². The second-order valence-corrected chi connectivity index (χ2v) is 6.06. The molecule has 0 bridgehead atoms. The maximum atomic E-state index is 12.3. The number of carbonyl (C=O) groups is 3. The van der Waals surface area contributed by atoms with Crippen molar-refractivity contribution in [1.29, 1.82) is 0 Å². The van der Waals surface area contributed by atoms with Gasteiger partial charge < -0.3 is 9.47 Å². The molecule has 0 unspecified atom stereocenters. The Morgan fingerprint density at radius 3 is 2.32 bits per heavy atom. The van der Waals surface area contributed by atoms with Gasteiger partial charge in [0.1, 0.15) is 5.78 Å². The van der Waals surface area contributed by atoms with Gasteiger partial charge in [0.05, 0.1) is 25.6 Å². The largest absolute Gasteiger partial charge is 0.469 e. The van der Waals surface area contributed by atoms with Gasteiger partial charge in [-0.15, -0.1) is 0 Å². The van der Waals surface area contributed by atoms with Crippen LogP contribution in [0.25, 0.3) is 0 Å². The molecule has 2 aliphatic carbocycles. The van der Waals surface area contributed by atoms with E-state index in [1.165, 1.54) is 14.2 Å². The first-order valence-corrected chi connectivity index (χ1v) is 6.52. The van der Waals surface area contributed by atoms with Crippen molar-refractivity contribution in [2.75, 3.05) is 14.2 Å². The zero-order chi connectivity index (χ0) is 14.4. The molecule has 0 heterocycles. The minimum Gasteiger partial charge on any atom is -0.469 e. The fraction of sp³-hybridized carbons (Fsp3) is 0.786. The van der Waals surface area contributed by atoms with Gasteiger partial charge in [0.2, 0.25) is 0 Å². The number of Topliss-reactive ketones (excluding diaryl/α,β-unsaturated/α-hetero) is 1. The number of rotatable bonds is 2. The Hall–Kier alpha value is -1.39. The average molecular weight is 268 g/mol. The van der Waals surface area contributed by atoms with Gasteiger partial charge in [0.15, 0.2) is 0 Å². The maximum absolute atomic E-state index is 12.3. The molecule has 0 spiro atoms. The smallest absolute Gasteiger partial charge is 0.313 e. The van der Waals surface area contributed by atoms with Gasteiger partial charge in [-0.25, -0.2) is 0 Å². The normalized spacial score (nSPS) is 35.9. The molecule has 5 nitrogen and oxygen atoms in total. The van der Waals surface area contributed by atoms with Crippen molar-refractivity contribution in [3.05, 3.63) is 0 Å². The number of hydrogen-bond acceptors (Lipinski definition) is 5. The molecule has 0 N–H and O–H groups in total. The average Bonchev–Trinajstić information content (AvgIpc) is 2.85. The SMILES string of the molecule is COC(=O)[C@H]1CC[C@@H]2C(C)(C)C(=O)C[C@]12C(=O)OC. The lowest BCUT2D eigenvalue weighted by molar-refractivity contribution is -0.167. The van der Waals surface area contributed by atoms with Crippen LogP contribution >= 0.6 is 0 Å². The minimum absolute atomic E-state index is 0.0245. The van der Waals surface area contributed by atoms with Crippen LogP contribution in [-0.4, -0.2) is 31.9 Å². The van der Waals surface area contributed by atoms with Crippen molar-refractivity contribution in [3.8, 4) is 0 Å². The summed E-state index contributed by atoms with van der Waals surface area (Å²) in [6, 6.07) is 0. The molecule has 2 fully saturated rings. The summed E-state index contributed by atoms with van der Waals surface area (Å²) >= 11 is 0. The van der Waals surface area contributed by atoms with Gasteiger partial charge in [-0.2, -0.15) is 0 Å². The molecular formula is C14H20O5. The van der Waals surface area contributed by atoms with E-state index in [1.54, 1.807) is 0 Å². The second kappa shape index (κ2) is 4.32. The number of ether oxygens (including phenoxy) is 2. The molecule has 5 heteroatoms. The predicted molar refractivity (Wildman–Crippen MR) is 66.1 cm³/mol. The number of fused-ring (bicyclic) bond motifs is 1. The first-order valence-electron chi connectivity index (χ1n) is 6.52. The van der Waals surface area contributed by atoms with Gasteiger partial charge in [0.25, 0.3) is 0 Å². The maximum Gasteiger partial charge on any atom is 0.313 e. The van der Waals surface area contributed by atoms with E-state index in [-0.39, 0.29) is 18.1 Å². The number of ketones is 1. The fourth-order valence-corrected chi connectivity index (χ4v) is 4.05. The van der Waals surface area contributed by atoms with Gasteiger partial charge in [0, 0.05) is 11.8 Å². The molecule has 19 heavy (non-hydrogen) atoms. The number of hydrogen-bond donors (Lipinski definition) is 0. The number of carbonyl (C=O) groups excluding carboxylic acids is 3. The first-order chi connectivity index (χ1) is 8.82. The van der Waals surface area contributed by atoms with Gasteiger partial charge in [-0.3, -0.25) is 14.4 Å². The van der Waals surface area contributed by atoms with E-state index in [9.17, 15) is 14.4 Å². The fourth-order valence-electron chi connectivity index (χ4n) is 4.05. The van der Waals surface area contributed by atoms with E-state index >= 15 is 0 Å². The molecule has 3 atom stereocenters. The first kappa shape index (κ1) is 14.0. The summed E-state index contributed by atoms with van der Waals surface area (Å²) in [7, 11) is 2.61. The van der Waals surface area contributed by atoms with Crippen LogP contribution in [0.1, 0.15) is 33.1 Å². The van der Waals surface area contributed by atoms with Crippen molar-refractivity contribution in [2.24, 2.45) is 22.7 Å². The Kier molecular flexibility index (Phi) is 3.19. The molecule has 0 amide bonds. The second-order valence-electron chi connectivity index (χ2n) is 6.06. The van der Waals surface area contributed by atoms with E-state index in [1.807, 2.05) is 13.8 Å². The van der Waals surface area contributed by atoms with Crippen molar-refractivity contribution < 1.29 is 23.9 Å². The lowest BCUT2D eigenvalue weighted by Gasteiger charge is -2.33. The van der Waals surface area contributed by atoms with Gasteiger partial charge in [-0.1, -0.05) is 13.8 Å². The van der Waals surface area contributed by atoms with E-state index in [0.29, 0.717) is 12.8 Å². The Labute approximate surface area is 112 Å². The Balaban J connectivity index is 2.51. The summed E-state index contributed by atoms with van der Waals surface area (Å²) in [6.45, 7) is 3.70. The predicted octanol–water partition coefficient (Wildman–Crippen LogP) is 1.34. The number of methoxy groups -OCH3 is 2. The Morgan fingerprint density at radius 1 is 1.16 bits per heavy atom. The molecule has 2 saturated carbocycles. The third kappa shape index (κ3) is 1.63. The summed E-state index contributed by atoms with van der Waals surface area (Å²) in [4.78, 5) is 36.5. The zero-order valence-corrected chi connectivity index (χ0v) is 11.8. The van der Waals surface area contributed by atoms with E-state index < -0.39 is 28.7 Å². The van der Waals surface area contributed by atoms with Gasteiger partial charge in [-0.05, 0) is 18.8 Å². The number of esters is 2. The van der Waals surface area contributed by atoms with Crippen LogP contribution < -0.4 is 0 Å². The lowest BCUT2D eigenvalue weighted by Crippen LogP contribution is -2.43. The molecular weight excluding hydrogens is 248 g/mol. The summed E-state index contributed by atoms with van der Waals surface area (Å²) in [6.07, 6.45) is 1.33. The van der Waals surface area contributed by atoms with E-state index in [2.05, 4.69) is 0 Å². The highest BCUT2D eigenvalue weighted by atomic mass is 16.5. The quantitative estimate of drug-likeness (QED) is 0.707. The highest BCUT2D eigenvalue weighted by molar-refractivity contribution is 5.98. The lowest BCUT2D eigenvalue weighted by atomic mass is 9.69. The van der Waals surface area contributed by atoms with Crippen LogP contribution in [0.2, 0.25) is 0 Å². The van der Waals surface area contributed by atoms with Crippen molar-refractivity contribution in [3.63, 3.8) is 0 Å². The monoisotopic (exact) mass is 268 g/mol. The molecule has 0 aromatic rings. The Morgan fingerprint density at radius 2 is 1.79 bits per heavy atom. The standard InChI is InChI=1S/C14H20O5/c1-13(2)9-6-5-8(11(16)18-3)14(9,7-10(13)15)12(17)19-4/h8-9H,5-7H2,1-4H3/t8-,9-,14+/m1/s1. The summed E-state index contributed by atoms with van der Waals surface area (Å²) in [5.74, 6) is -1.57. The van der Waals surface area contributed by atoms with E-state index in [0.717, 1.165) is 0 Å². The molecule has 2 aliphatic rings. The topological polar surface area (TPSA) is 69.7 Å². The van der Waals surface area contributed by atoms with Crippen molar-refractivity contribution in [1.82, 2.24) is 0 Å². The van der Waals surface area contributed by atoms with Crippen LogP contribution in [0.3, 0.4) is 0 Å². The van der Waals surface area contributed by atoms with Crippen LogP contribution in [0.15, 0.2) is 0 Å². The molecule has 0 aromatic heterocycles. The molecule has 0 saturated heterocycles. The zero-order valence-electron chi connectivity index (χ0n) is 11.8. The highest BCUT2D eigenvalue weighted by Gasteiger charge is 2.69. The summed E-state index contributed by atoms with van der Waals surface area (Å²) < 4.78 is 9.71. The van der Waals surface area contributed by atoms with Crippen LogP contribution in [0, 0.1) is 22.7 Å². The molecule has 0 aliphatic heterocycles. The minimum atomic E-state index is -1.03. The van der Waals surface area contributed by atoms with Gasteiger partial charge >= 0.3 is 11.9 Å². The highest BCUT2D eigenvalue weighted by Crippen LogP contribution is 2.63. The van der Waals surface area contributed by atoms with Crippen LogP contribution in [0.5, 0.6) is 0 Å². The summed E-state index contributed by atoms with van der Waals surface area (Å²) in [5, 5.41) is 0. The summed E-state index contributed by atoms with van der Waals surface area (Å²) in [5.41, 5.74) is -1.61. The third-order valence-electron chi connectivity index (χ3n) is 5.08. The molecule has 0 radical (unpaired) electrons. The van der Waals surface area contributed by atoms with Crippen LogP contribution in [0.4, 0.5) is 0 Å². The van der Waals surface area contributed by atoms with Crippen molar-refractivity contribution >= 4 is 17.7 Å². The van der Waals surface area contributed by atoms with Crippen molar-refractivity contribution in [2.45, 2.75) is 33.1 Å². The molecule has 106 valence electrons. The third-order valence-corrected chi connectivity index (χ3v) is 5.08. The molecule has 0 aromatic carbocycles. The van der Waals surface area contributed by atoms with Crippen LogP contribution in [-0.2, 0) is 23.9 Å².